The molecule has 0 spiro atoms. The Hall–Kier alpha value is -1.42. The molecule has 5 heteroatoms. The molecule has 0 N–H and O–H groups in total. The van der Waals surface area contributed by atoms with E-state index in [0.29, 0.717) is 15.9 Å². The number of rotatable bonds is 0. The number of aryl methyl sites for hydroxylation is 1. The normalized spacial score (nSPS) is 10.6. The van der Waals surface area contributed by atoms with Crippen molar-refractivity contribution >= 4 is 22.4 Å². The third-order valence-corrected chi connectivity index (χ3v) is 2.08. The van der Waals surface area contributed by atoms with Gasteiger partial charge in [0.25, 0.3) is 5.56 Å². The number of aromatic nitrogens is 3. The van der Waals surface area contributed by atoms with Crippen molar-refractivity contribution in [3.63, 3.8) is 0 Å². The lowest BCUT2D eigenvalue weighted by atomic mass is 10.2. The number of fused-ring (bicyclic) bond motifs is 1. The van der Waals surface area contributed by atoms with Crippen molar-refractivity contribution in [3.05, 3.63) is 34.0 Å². The lowest BCUT2D eigenvalue weighted by molar-refractivity contribution is 0.718. The van der Waals surface area contributed by atoms with E-state index in [-0.39, 0.29) is 5.56 Å². The zero-order valence-electron chi connectivity index (χ0n) is 6.86. The van der Waals surface area contributed by atoms with E-state index in [0.717, 1.165) is 0 Å². The Kier molecular flexibility index (Phi) is 1.77. The van der Waals surface area contributed by atoms with Gasteiger partial charge >= 0.3 is 0 Å². The Morgan fingerprint density at radius 3 is 3.00 bits per heavy atom. The van der Waals surface area contributed by atoms with E-state index < -0.39 is 0 Å². The number of pyridine rings is 1. The molecule has 0 aliphatic rings. The number of hydrogen-bond donors (Lipinski definition) is 0. The first-order valence-corrected chi connectivity index (χ1v) is 4.04. The van der Waals surface area contributed by atoms with E-state index in [1.807, 2.05) is 0 Å². The van der Waals surface area contributed by atoms with E-state index in [9.17, 15) is 4.79 Å². The summed E-state index contributed by atoms with van der Waals surface area (Å²) in [4.78, 5) is 15.4. The van der Waals surface area contributed by atoms with Crippen LogP contribution in [0.25, 0.3) is 10.8 Å². The van der Waals surface area contributed by atoms with Crippen molar-refractivity contribution in [2.45, 2.75) is 0 Å². The van der Waals surface area contributed by atoms with E-state index in [1.165, 1.54) is 10.9 Å². The average molecular weight is 196 g/mol. The second-order valence-corrected chi connectivity index (χ2v) is 3.00. The predicted octanol–water partition coefficient (Wildman–Crippen LogP) is 0.982. The molecular formula is C8H6ClN3O. The van der Waals surface area contributed by atoms with Crippen LogP contribution in [0.2, 0.25) is 5.15 Å². The van der Waals surface area contributed by atoms with Gasteiger partial charge in [0.05, 0.1) is 5.39 Å². The quantitative estimate of drug-likeness (QED) is 0.630. The standard InChI is InChI=1S/C8H6ClN3O/c1-12-8(13)5-2-3-10-4-6(5)7(9)11-12/h2-4H,1H3. The molecular weight excluding hydrogens is 190 g/mol. The SMILES string of the molecule is Cn1nc(Cl)c2cnccc2c1=O. The van der Waals surface area contributed by atoms with Crippen LogP contribution in [0.15, 0.2) is 23.3 Å². The van der Waals surface area contributed by atoms with Gasteiger partial charge in [-0.05, 0) is 6.07 Å². The lowest BCUT2D eigenvalue weighted by Crippen LogP contribution is -2.19. The van der Waals surface area contributed by atoms with Crippen LogP contribution in [0, 0.1) is 0 Å². The highest BCUT2D eigenvalue weighted by Crippen LogP contribution is 2.15. The second-order valence-electron chi connectivity index (χ2n) is 2.64. The smallest absolute Gasteiger partial charge is 0.267 e. The predicted molar refractivity (Wildman–Crippen MR) is 49.8 cm³/mol. The maximum Gasteiger partial charge on any atom is 0.274 e. The molecule has 0 aliphatic heterocycles. The summed E-state index contributed by atoms with van der Waals surface area (Å²) in [6, 6.07) is 1.63. The summed E-state index contributed by atoms with van der Waals surface area (Å²) in [6.07, 6.45) is 3.09. The molecule has 0 bridgehead atoms. The van der Waals surface area contributed by atoms with Crippen molar-refractivity contribution < 1.29 is 0 Å². The van der Waals surface area contributed by atoms with Gasteiger partial charge in [0, 0.05) is 24.8 Å². The Morgan fingerprint density at radius 1 is 1.46 bits per heavy atom. The van der Waals surface area contributed by atoms with Crippen LogP contribution in [-0.4, -0.2) is 14.8 Å². The van der Waals surface area contributed by atoms with E-state index in [1.54, 1.807) is 19.3 Å². The fourth-order valence-corrected chi connectivity index (χ4v) is 1.41. The molecule has 2 rings (SSSR count). The van der Waals surface area contributed by atoms with Crippen LogP contribution in [0.4, 0.5) is 0 Å². The van der Waals surface area contributed by atoms with Gasteiger partial charge in [-0.2, -0.15) is 5.10 Å². The van der Waals surface area contributed by atoms with Gasteiger partial charge in [0.15, 0.2) is 5.15 Å². The average Bonchev–Trinajstić information content (AvgIpc) is 2.15. The first kappa shape index (κ1) is 8.19. The molecule has 0 amide bonds. The second kappa shape index (κ2) is 2.81. The molecule has 0 aromatic carbocycles. The summed E-state index contributed by atoms with van der Waals surface area (Å²) < 4.78 is 1.21. The van der Waals surface area contributed by atoms with Crippen LogP contribution in [-0.2, 0) is 7.05 Å². The molecule has 4 nitrogen and oxygen atoms in total. The fraction of sp³-hybridized carbons (Fsp3) is 0.125. The Labute approximate surface area is 78.8 Å². The largest absolute Gasteiger partial charge is 0.274 e. The molecule has 0 radical (unpaired) electrons. The van der Waals surface area contributed by atoms with Crippen molar-refractivity contribution in [2.75, 3.05) is 0 Å². The summed E-state index contributed by atoms with van der Waals surface area (Å²) in [5, 5.41) is 5.26. The van der Waals surface area contributed by atoms with Crippen molar-refractivity contribution in [3.8, 4) is 0 Å². The highest BCUT2D eigenvalue weighted by Gasteiger charge is 2.05. The minimum atomic E-state index is -0.165. The molecule has 0 atom stereocenters. The summed E-state index contributed by atoms with van der Waals surface area (Å²) in [7, 11) is 1.56. The number of nitrogens with zero attached hydrogens (tertiary/aromatic N) is 3. The monoisotopic (exact) mass is 195 g/mol. The molecule has 13 heavy (non-hydrogen) atoms. The molecule has 2 aromatic heterocycles. The molecule has 0 unspecified atom stereocenters. The first-order valence-electron chi connectivity index (χ1n) is 3.66. The van der Waals surface area contributed by atoms with Crippen molar-refractivity contribution in [1.82, 2.24) is 14.8 Å². The zero-order valence-corrected chi connectivity index (χ0v) is 7.62. The van der Waals surface area contributed by atoms with Crippen LogP contribution in [0.1, 0.15) is 0 Å². The van der Waals surface area contributed by atoms with Crippen LogP contribution < -0.4 is 5.56 Å². The number of hydrogen-bond acceptors (Lipinski definition) is 3. The van der Waals surface area contributed by atoms with Gasteiger partial charge in [-0.15, -0.1) is 0 Å². The molecule has 0 aliphatic carbocycles. The maximum absolute atomic E-state index is 11.5. The molecule has 0 saturated carbocycles. The van der Waals surface area contributed by atoms with Crippen LogP contribution in [0.3, 0.4) is 0 Å². The van der Waals surface area contributed by atoms with E-state index >= 15 is 0 Å². The zero-order chi connectivity index (χ0) is 9.42. The Bertz CT molecular complexity index is 520. The van der Waals surface area contributed by atoms with Gasteiger partial charge in [-0.3, -0.25) is 9.78 Å². The third kappa shape index (κ3) is 1.19. The van der Waals surface area contributed by atoms with E-state index in [4.69, 9.17) is 11.6 Å². The van der Waals surface area contributed by atoms with Gasteiger partial charge in [-0.1, -0.05) is 11.6 Å². The summed E-state index contributed by atoms with van der Waals surface area (Å²) in [5.74, 6) is 0. The fourth-order valence-electron chi connectivity index (χ4n) is 1.15. The summed E-state index contributed by atoms with van der Waals surface area (Å²) in [5.41, 5.74) is -0.165. The summed E-state index contributed by atoms with van der Waals surface area (Å²) >= 11 is 5.82. The number of halogens is 1. The third-order valence-electron chi connectivity index (χ3n) is 1.81. The van der Waals surface area contributed by atoms with Gasteiger partial charge in [0.2, 0.25) is 0 Å². The van der Waals surface area contributed by atoms with Gasteiger partial charge in [0.1, 0.15) is 0 Å². The minimum Gasteiger partial charge on any atom is -0.267 e. The van der Waals surface area contributed by atoms with Gasteiger partial charge < -0.3 is 0 Å². The Morgan fingerprint density at radius 2 is 2.23 bits per heavy atom. The summed E-state index contributed by atoms with van der Waals surface area (Å²) in [6.45, 7) is 0. The molecule has 0 saturated heterocycles. The lowest BCUT2D eigenvalue weighted by Gasteiger charge is -2.00. The molecule has 2 aromatic rings. The molecule has 0 fully saturated rings. The highest BCUT2D eigenvalue weighted by molar-refractivity contribution is 6.34. The van der Waals surface area contributed by atoms with E-state index in [2.05, 4.69) is 10.1 Å². The van der Waals surface area contributed by atoms with Crippen molar-refractivity contribution in [1.29, 1.82) is 0 Å². The highest BCUT2D eigenvalue weighted by atomic mass is 35.5. The minimum absolute atomic E-state index is 0.165. The molecule has 66 valence electrons. The van der Waals surface area contributed by atoms with Crippen molar-refractivity contribution in [2.24, 2.45) is 7.05 Å². The van der Waals surface area contributed by atoms with Gasteiger partial charge in [-0.25, -0.2) is 4.68 Å². The van der Waals surface area contributed by atoms with Crippen LogP contribution >= 0.6 is 11.6 Å². The molecule has 2 heterocycles. The Balaban J connectivity index is 3.06. The topological polar surface area (TPSA) is 47.8 Å². The first-order chi connectivity index (χ1) is 6.20. The maximum atomic E-state index is 11.5. The van der Waals surface area contributed by atoms with Crippen LogP contribution in [0.5, 0.6) is 0 Å².